The van der Waals surface area contributed by atoms with Gasteiger partial charge in [-0.15, -0.1) is 0 Å². The summed E-state index contributed by atoms with van der Waals surface area (Å²) in [6, 6.07) is 6.56. The molecule has 0 aliphatic heterocycles. The lowest BCUT2D eigenvalue weighted by atomic mass is 10.0. The number of carbonyl (C=O) groups is 2. The summed E-state index contributed by atoms with van der Waals surface area (Å²) in [5.41, 5.74) is 6.20. The second-order valence-electron chi connectivity index (χ2n) is 5.44. The Balaban J connectivity index is 2.67. The molecule has 0 aliphatic carbocycles. The van der Waals surface area contributed by atoms with Crippen molar-refractivity contribution in [1.29, 1.82) is 0 Å². The smallest absolute Gasteiger partial charge is 0.249 e. The van der Waals surface area contributed by atoms with Gasteiger partial charge in [-0.3, -0.25) is 9.59 Å². The van der Waals surface area contributed by atoms with Crippen LogP contribution in [0.2, 0.25) is 0 Å². The predicted octanol–water partition coefficient (Wildman–Crippen LogP) is 1.37. The van der Waals surface area contributed by atoms with Gasteiger partial charge < -0.3 is 16.2 Å². The Hall–Kier alpha value is -1.40. The lowest BCUT2D eigenvalue weighted by molar-refractivity contribution is -0.133. The van der Waals surface area contributed by atoms with E-state index in [0.29, 0.717) is 12.8 Å². The number of primary amides is 1. The molecule has 2 atom stereocenters. The molecule has 2 amide bonds. The van der Waals surface area contributed by atoms with E-state index in [0.717, 1.165) is 10.0 Å². The molecular formula is C15H21BrN2O3. The second-order valence-corrected chi connectivity index (χ2v) is 6.36. The van der Waals surface area contributed by atoms with E-state index >= 15 is 0 Å². The third kappa shape index (κ3) is 6.27. The third-order valence-electron chi connectivity index (χ3n) is 3.01. The summed E-state index contributed by atoms with van der Waals surface area (Å²) in [6.07, 6.45) is -0.491. The van der Waals surface area contributed by atoms with Gasteiger partial charge in [0.15, 0.2) is 0 Å². The average Bonchev–Trinajstić information content (AvgIpc) is 2.39. The summed E-state index contributed by atoms with van der Waals surface area (Å²) in [7, 11) is 0. The van der Waals surface area contributed by atoms with E-state index in [2.05, 4.69) is 21.2 Å². The number of nitrogens with two attached hydrogens (primary N) is 1. The van der Waals surface area contributed by atoms with Crippen LogP contribution in [0.15, 0.2) is 28.7 Å². The molecular weight excluding hydrogens is 336 g/mol. The molecule has 5 nitrogen and oxygen atoms in total. The number of aliphatic hydroxyl groups excluding tert-OH is 1. The van der Waals surface area contributed by atoms with Crippen molar-refractivity contribution >= 4 is 27.7 Å². The van der Waals surface area contributed by atoms with Gasteiger partial charge in [0.05, 0.1) is 0 Å². The number of rotatable bonds is 7. The fourth-order valence-corrected chi connectivity index (χ4v) is 2.16. The lowest BCUT2D eigenvalue weighted by Gasteiger charge is -2.19. The molecule has 0 aliphatic rings. The molecule has 21 heavy (non-hydrogen) atoms. The van der Waals surface area contributed by atoms with Gasteiger partial charge in [0, 0.05) is 10.9 Å². The van der Waals surface area contributed by atoms with Gasteiger partial charge in [-0.05, 0) is 30.0 Å². The second kappa shape index (κ2) is 8.14. The fourth-order valence-electron chi connectivity index (χ4n) is 1.90. The Morgan fingerprint density at radius 2 is 1.86 bits per heavy atom. The molecule has 0 radical (unpaired) electrons. The minimum Gasteiger partial charge on any atom is -0.383 e. The minimum absolute atomic E-state index is 0.184. The van der Waals surface area contributed by atoms with Gasteiger partial charge in [0.25, 0.3) is 0 Å². The molecule has 0 unspecified atom stereocenters. The van der Waals surface area contributed by atoms with Crippen LogP contribution in [0.5, 0.6) is 0 Å². The average molecular weight is 357 g/mol. The van der Waals surface area contributed by atoms with Crippen molar-refractivity contribution in [2.75, 3.05) is 0 Å². The summed E-state index contributed by atoms with van der Waals surface area (Å²) in [5.74, 6) is -1.00. The third-order valence-corrected chi connectivity index (χ3v) is 3.54. The van der Waals surface area contributed by atoms with E-state index in [1.54, 1.807) is 0 Å². The molecule has 0 heterocycles. The van der Waals surface area contributed by atoms with Crippen LogP contribution in [0.1, 0.15) is 25.8 Å². The standard InChI is InChI=1S/C15H21BrN2O3/c1-9(2)7-13(19)15(21)18-12(14(17)20)8-10-3-5-11(16)6-4-10/h3-6,9,12-13,19H,7-8H2,1-2H3,(H2,17,20)(H,18,21)/t12-,13+/m0/s1. The van der Waals surface area contributed by atoms with Gasteiger partial charge >= 0.3 is 0 Å². The highest BCUT2D eigenvalue weighted by Gasteiger charge is 2.23. The van der Waals surface area contributed by atoms with Crippen molar-refractivity contribution in [3.8, 4) is 0 Å². The first-order valence-electron chi connectivity index (χ1n) is 6.81. The molecule has 116 valence electrons. The number of aliphatic hydroxyl groups is 1. The first-order valence-corrected chi connectivity index (χ1v) is 7.61. The zero-order valence-corrected chi connectivity index (χ0v) is 13.8. The highest BCUT2D eigenvalue weighted by Crippen LogP contribution is 2.12. The van der Waals surface area contributed by atoms with Crippen molar-refractivity contribution in [3.05, 3.63) is 34.3 Å². The monoisotopic (exact) mass is 356 g/mol. The predicted molar refractivity (Wildman–Crippen MR) is 84.4 cm³/mol. The fraction of sp³-hybridized carbons (Fsp3) is 0.467. The van der Waals surface area contributed by atoms with Crippen LogP contribution in [0.3, 0.4) is 0 Å². The van der Waals surface area contributed by atoms with Gasteiger partial charge in [-0.1, -0.05) is 41.9 Å². The van der Waals surface area contributed by atoms with Crippen LogP contribution in [0.4, 0.5) is 0 Å². The lowest BCUT2D eigenvalue weighted by Crippen LogP contribution is -2.49. The van der Waals surface area contributed by atoms with E-state index < -0.39 is 24.0 Å². The molecule has 1 rings (SSSR count). The quantitative estimate of drug-likeness (QED) is 0.688. The zero-order chi connectivity index (χ0) is 16.0. The summed E-state index contributed by atoms with van der Waals surface area (Å²) in [5, 5.41) is 12.3. The highest BCUT2D eigenvalue weighted by atomic mass is 79.9. The normalized spacial score (nSPS) is 13.8. The van der Waals surface area contributed by atoms with E-state index in [9.17, 15) is 14.7 Å². The molecule has 6 heteroatoms. The van der Waals surface area contributed by atoms with E-state index in [-0.39, 0.29) is 5.92 Å². The number of benzene rings is 1. The topological polar surface area (TPSA) is 92.4 Å². The van der Waals surface area contributed by atoms with Gasteiger partial charge in [0.2, 0.25) is 11.8 Å². The van der Waals surface area contributed by atoms with Crippen molar-refractivity contribution in [1.82, 2.24) is 5.32 Å². The van der Waals surface area contributed by atoms with Crippen LogP contribution < -0.4 is 11.1 Å². The first kappa shape index (κ1) is 17.7. The molecule has 0 saturated carbocycles. The summed E-state index contributed by atoms with van der Waals surface area (Å²) in [4.78, 5) is 23.3. The molecule has 4 N–H and O–H groups in total. The van der Waals surface area contributed by atoms with Gasteiger partial charge in [0.1, 0.15) is 12.1 Å². The maximum atomic E-state index is 11.9. The molecule has 0 bridgehead atoms. The van der Waals surface area contributed by atoms with Crippen molar-refractivity contribution in [2.24, 2.45) is 11.7 Å². The number of halogens is 1. The van der Waals surface area contributed by atoms with Crippen LogP contribution >= 0.6 is 15.9 Å². The van der Waals surface area contributed by atoms with Gasteiger partial charge in [-0.2, -0.15) is 0 Å². The minimum atomic E-state index is -1.13. The Morgan fingerprint density at radius 1 is 1.29 bits per heavy atom. The van der Waals surface area contributed by atoms with E-state index in [1.165, 1.54) is 0 Å². The van der Waals surface area contributed by atoms with Crippen LogP contribution in [-0.4, -0.2) is 29.1 Å². The Bertz CT molecular complexity index is 488. The number of amides is 2. The number of hydrogen-bond acceptors (Lipinski definition) is 3. The van der Waals surface area contributed by atoms with Crippen LogP contribution in [0.25, 0.3) is 0 Å². The summed E-state index contributed by atoms with van der Waals surface area (Å²) < 4.78 is 0.929. The van der Waals surface area contributed by atoms with Crippen molar-refractivity contribution < 1.29 is 14.7 Å². The highest BCUT2D eigenvalue weighted by molar-refractivity contribution is 9.10. The van der Waals surface area contributed by atoms with E-state index in [4.69, 9.17) is 5.73 Å². The molecule has 1 aromatic rings. The molecule has 0 saturated heterocycles. The Kier molecular flexibility index (Phi) is 6.84. The van der Waals surface area contributed by atoms with Gasteiger partial charge in [-0.25, -0.2) is 0 Å². The summed E-state index contributed by atoms with van der Waals surface area (Å²) >= 11 is 3.33. The molecule has 0 aromatic heterocycles. The molecule has 1 aromatic carbocycles. The number of hydrogen-bond donors (Lipinski definition) is 3. The maximum absolute atomic E-state index is 11.9. The number of nitrogens with one attached hydrogen (secondary N) is 1. The Morgan fingerprint density at radius 3 is 2.33 bits per heavy atom. The first-order chi connectivity index (χ1) is 9.79. The van der Waals surface area contributed by atoms with E-state index in [1.807, 2.05) is 38.1 Å². The molecule has 0 fully saturated rings. The Labute approximate surface area is 133 Å². The summed E-state index contributed by atoms with van der Waals surface area (Å²) in [6.45, 7) is 3.81. The van der Waals surface area contributed by atoms with Crippen LogP contribution in [-0.2, 0) is 16.0 Å². The molecule has 0 spiro atoms. The van der Waals surface area contributed by atoms with Crippen molar-refractivity contribution in [2.45, 2.75) is 38.8 Å². The van der Waals surface area contributed by atoms with Crippen LogP contribution in [0, 0.1) is 5.92 Å². The van der Waals surface area contributed by atoms with Crippen molar-refractivity contribution in [3.63, 3.8) is 0 Å². The SMILES string of the molecule is CC(C)C[C@@H](O)C(=O)N[C@@H](Cc1ccc(Br)cc1)C(N)=O. The maximum Gasteiger partial charge on any atom is 0.249 e. The largest absolute Gasteiger partial charge is 0.383 e. The zero-order valence-electron chi connectivity index (χ0n) is 12.2. The number of carbonyl (C=O) groups excluding carboxylic acids is 2.